The van der Waals surface area contributed by atoms with Gasteiger partial charge in [0.2, 0.25) is 0 Å². The Bertz CT molecular complexity index is 971. The predicted octanol–water partition coefficient (Wildman–Crippen LogP) is 3.28. The SMILES string of the molecule is NC(=O)c1cc(F)c(C2=CNCCC2)c2c1[nH]c1ccccc12. The van der Waals surface area contributed by atoms with Gasteiger partial charge in [0.25, 0.3) is 5.91 Å². The molecule has 4 N–H and O–H groups in total. The molecule has 0 saturated heterocycles. The number of H-pyrrole nitrogens is 1. The fourth-order valence-electron chi connectivity index (χ4n) is 3.35. The van der Waals surface area contributed by atoms with Crippen LogP contribution >= 0.6 is 0 Å². The highest BCUT2D eigenvalue weighted by Gasteiger charge is 2.22. The van der Waals surface area contributed by atoms with Gasteiger partial charge in [0.05, 0.1) is 11.1 Å². The molecular weight excluding hydrogens is 293 g/mol. The number of allylic oxidation sites excluding steroid dienone is 1. The van der Waals surface area contributed by atoms with Gasteiger partial charge in [0.1, 0.15) is 5.82 Å². The molecule has 1 amide bonds. The van der Waals surface area contributed by atoms with Gasteiger partial charge in [-0.3, -0.25) is 4.79 Å². The molecular formula is C18H16FN3O. The normalized spacial score (nSPS) is 14.7. The van der Waals surface area contributed by atoms with Gasteiger partial charge in [0.15, 0.2) is 0 Å². The van der Waals surface area contributed by atoms with Gasteiger partial charge in [-0.2, -0.15) is 0 Å². The van der Waals surface area contributed by atoms with Gasteiger partial charge in [-0.05, 0) is 30.5 Å². The minimum Gasteiger partial charge on any atom is -0.391 e. The molecule has 0 bridgehead atoms. The summed E-state index contributed by atoms with van der Waals surface area (Å²) in [5.41, 5.74) is 8.56. The molecule has 2 aromatic carbocycles. The van der Waals surface area contributed by atoms with Crippen LogP contribution in [0.4, 0.5) is 4.39 Å². The van der Waals surface area contributed by atoms with E-state index in [1.165, 1.54) is 6.07 Å². The van der Waals surface area contributed by atoms with Gasteiger partial charge in [0, 0.05) is 34.6 Å². The number of hydrogen-bond acceptors (Lipinski definition) is 2. The Balaban J connectivity index is 2.17. The number of primary amides is 1. The highest BCUT2D eigenvalue weighted by atomic mass is 19.1. The highest BCUT2D eigenvalue weighted by Crippen LogP contribution is 2.37. The van der Waals surface area contributed by atoms with E-state index in [1.807, 2.05) is 30.5 Å². The zero-order chi connectivity index (χ0) is 16.0. The van der Waals surface area contributed by atoms with Crippen molar-refractivity contribution in [3.63, 3.8) is 0 Å². The highest BCUT2D eigenvalue weighted by molar-refractivity contribution is 6.18. The van der Waals surface area contributed by atoms with Crippen molar-refractivity contribution in [3.05, 3.63) is 53.5 Å². The van der Waals surface area contributed by atoms with Crippen LogP contribution in [-0.4, -0.2) is 17.4 Å². The summed E-state index contributed by atoms with van der Waals surface area (Å²) in [6.07, 6.45) is 3.62. The second-order valence-corrected chi connectivity index (χ2v) is 5.79. The average molecular weight is 309 g/mol. The first-order chi connectivity index (χ1) is 11.2. The van der Waals surface area contributed by atoms with E-state index in [0.29, 0.717) is 11.1 Å². The van der Waals surface area contributed by atoms with E-state index in [9.17, 15) is 9.18 Å². The lowest BCUT2D eigenvalue weighted by molar-refractivity contribution is 0.100. The number of carbonyl (C=O) groups is 1. The van der Waals surface area contributed by atoms with Gasteiger partial charge >= 0.3 is 0 Å². The van der Waals surface area contributed by atoms with Crippen molar-refractivity contribution in [1.29, 1.82) is 0 Å². The Morgan fingerprint density at radius 1 is 1.26 bits per heavy atom. The zero-order valence-electron chi connectivity index (χ0n) is 12.4. The monoisotopic (exact) mass is 309 g/mol. The van der Waals surface area contributed by atoms with Gasteiger partial charge in [-0.25, -0.2) is 4.39 Å². The summed E-state index contributed by atoms with van der Waals surface area (Å²) in [4.78, 5) is 15.0. The number of carbonyl (C=O) groups excluding carboxylic acids is 1. The number of nitrogens with two attached hydrogens (primary N) is 1. The van der Waals surface area contributed by atoms with Crippen LogP contribution in [0.25, 0.3) is 27.4 Å². The van der Waals surface area contributed by atoms with Crippen molar-refractivity contribution >= 4 is 33.3 Å². The number of aromatic amines is 1. The molecule has 0 fully saturated rings. The maximum absolute atomic E-state index is 14.8. The first-order valence-corrected chi connectivity index (χ1v) is 7.62. The predicted molar refractivity (Wildman–Crippen MR) is 89.5 cm³/mol. The smallest absolute Gasteiger partial charge is 0.250 e. The zero-order valence-corrected chi connectivity index (χ0v) is 12.4. The van der Waals surface area contributed by atoms with Crippen molar-refractivity contribution in [2.75, 3.05) is 6.54 Å². The molecule has 0 unspecified atom stereocenters. The summed E-state index contributed by atoms with van der Waals surface area (Å²) in [5.74, 6) is -1.05. The van der Waals surface area contributed by atoms with Gasteiger partial charge in [-0.1, -0.05) is 18.2 Å². The quantitative estimate of drug-likeness (QED) is 0.680. The number of nitrogens with one attached hydrogen (secondary N) is 2. The lowest BCUT2D eigenvalue weighted by Crippen LogP contribution is -2.15. The van der Waals surface area contributed by atoms with Crippen LogP contribution in [0.15, 0.2) is 36.5 Å². The molecule has 0 spiro atoms. The van der Waals surface area contributed by atoms with Crippen molar-refractivity contribution in [3.8, 4) is 0 Å². The van der Waals surface area contributed by atoms with E-state index in [1.54, 1.807) is 0 Å². The van der Waals surface area contributed by atoms with Crippen LogP contribution in [0.1, 0.15) is 28.8 Å². The summed E-state index contributed by atoms with van der Waals surface area (Å²) in [6, 6.07) is 8.89. The molecule has 1 aromatic heterocycles. The molecule has 4 rings (SSSR count). The number of amides is 1. The summed E-state index contributed by atoms with van der Waals surface area (Å²) in [6.45, 7) is 0.890. The van der Waals surface area contributed by atoms with Crippen LogP contribution in [0, 0.1) is 5.82 Å². The number of fused-ring (bicyclic) bond motifs is 3. The van der Waals surface area contributed by atoms with Gasteiger partial charge in [-0.15, -0.1) is 0 Å². The van der Waals surface area contributed by atoms with Gasteiger partial charge < -0.3 is 16.0 Å². The van der Waals surface area contributed by atoms with E-state index in [2.05, 4.69) is 10.3 Å². The molecule has 1 aliphatic heterocycles. The summed E-state index contributed by atoms with van der Waals surface area (Å²) >= 11 is 0. The molecule has 0 saturated carbocycles. The van der Waals surface area contributed by atoms with Crippen LogP contribution in [0.3, 0.4) is 0 Å². The number of hydrogen-bond donors (Lipinski definition) is 3. The number of rotatable bonds is 2. The Kier molecular flexibility index (Phi) is 3.08. The maximum Gasteiger partial charge on any atom is 0.250 e. The lowest BCUT2D eigenvalue weighted by Gasteiger charge is -2.17. The Morgan fingerprint density at radius 2 is 2.09 bits per heavy atom. The molecule has 116 valence electrons. The molecule has 1 aliphatic rings. The largest absolute Gasteiger partial charge is 0.391 e. The molecule has 0 atom stereocenters. The minimum atomic E-state index is -0.636. The number of para-hydroxylation sites is 1. The molecule has 3 aromatic rings. The second kappa shape index (κ2) is 5.12. The molecule has 0 radical (unpaired) electrons. The van der Waals surface area contributed by atoms with E-state index in [0.717, 1.165) is 41.2 Å². The third-order valence-corrected chi connectivity index (χ3v) is 4.37. The van der Waals surface area contributed by atoms with Crippen LogP contribution in [0.5, 0.6) is 0 Å². The average Bonchev–Trinajstić information content (AvgIpc) is 2.94. The molecule has 2 heterocycles. The van der Waals surface area contributed by atoms with Crippen molar-refractivity contribution in [2.24, 2.45) is 5.73 Å². The molecule has 23 heavy (non-hydrogen) atoms. The Hall–Kier alpha value is -2.82. The van der Waals surface area contributed by atoms with Crippen molar-refractivity contribution in [2.45, 2.75) is 12.8 Å². The van der Waals surface area contributed by atoms with E-state index < -0.39 is 11.7 Å². The topological polar surface area (TPSA) is 70.9 Å². The Morgan fingerprint density at radius 3 is 2.83 bits per heavy atom. The lowest BCUT2D eigenvalue weighted by atomic mass is 9.93. The van der Waals surface area contributed by atoms with E-state index in [4.69, 9.17) is 5.73 Å². The first kappa shape index (κ1) is 13.8. The second-order valence-electron chi connectivity index (χ2n) is 5.79. The standard InChI is InChI=1S/C18H16FN3O/c19-13-8-12(18(20)23)17-16(11-5-1-2-6-14(11)22-17)15(13)10-4-3-7-21-9-10/h1-2,5-6,8-9,21-22H,3-4,7H2,(H2,20,23). The van der Waals surface area contributed by atoms with E-state index in [-0.39, 0.29) is 5.56 Å². The molecule has 4 nitrogen and oxygen atoms in total. The maximum atomic E-state index is 14.8. The van der Waals surface area contributed by atoms with Crippen molar-refractivity contribution < 1.29 is 9.18 Å². The number of aromatic nitrogens is 1. The summed E-state index contributed by atoms with van der Waals surface area (Å²) < 4.78 is 14.8. The summed E-state index contributed by atoms with van der Waals surface area (Å²) in [5, 5.41) is 4.79. The first-order valence-electron chi connectivity index (χ1n) is 7.62. The van der Waals surface area contributed by atoms with Crippen LogP contribution in [-0.2, 0) is 0 Å². The van der Waals surface area contributed by atoms with Crippen molar-refractivity contribution in [1.82, 2.24) is 10.3 Å². The van der Waals surface area contributed by atoms with E-state index >= 15 is 0 Å². The third-order valence-electron chi connectivity index (χ3n) is 4.37. The fourth-order valence-corrected chi connectivity index (χ4v) is 3.35. The molecule has 0 aliphatic carbocycles. The molecule has 5 heteroatoms. The van der Waals surface area contributed by atoms with Crippen LogP contribution < -0.4 is 11.1 Å². The van der Waals surface area contributed by atoms with Crippen LogP contribution in [0.2, 0.25) is 0 Å². The third kappa shape index (κ3) is 2.08. The minimum absolute atomic E-state index is 0.182. The number of benzene rings is 2. The number of halogens is 1. The Labute approximate surface area is 132 Å². The summed E-state index contributed by atoms with van der Waals surface area (Å²) in [7, 11) is 0. The fraction of sp³-hybridized carbons (Fsp3) is 0.167.